The molecular formula is C16H27NO3S. The highest BCUT2D eigenvalue weighted by Gasteiger charge is 2.10. The van der Waals surface area contributed by atoms with Gasteiger partial charge in [0.25, 0.3) is 0 Å². The molecule has 2 N–H and O–H groups in total. The molecule has 0 bridgehead atoms. The van der Waals surface area contributed by atoms with Crippen LogP contribution >= 0.6 is 0 Å². The quantitative estimate of drug-likeness (QED) is 0.688. The van der Waals surface area contributed by atoms with E-state index in [4.69, 9.17) is 0 Å². The van der Waals surface area contributed by atoms with E-state index in [1.165, 1.54) is 31.2 Å². The topological polar surface area (TPSA) is 66.4 Å². The van der Waals surface area contributed by atoms with Crippen LogP contribution in [-0.2, 0) is 9.84 Å². The van der Waals surface area contributed by atoms with Gasteiger partial charge in [0.1, 0.15) is 0 Å². The second-order valence-electron chi connectivity index (χ2n) is 5.95. The van der Waals surface area contributed by atoms with Gasteiger partial charge in [-0.2, -0.15) is 0 Å². The maximum Gasteiger partial charge on any atom is 0.175 e. The van der Waals surface area contributed by atoms with Crippen LogP contribution in [0.2, 0.25) is 0 Å². The molecule has 120 valence electrons. The van der Waals surface area contributed by atoms with Gasteiger partial charge in [-0.05, 0) is 36.6 Å². The Balaban J connectivity index is 2.34. The van der Waals surface area contributed by atoms with Crippen LogP contribution in [0, 0.1) is 5.92 Å². The fraction of sp³-hybridized carbons (Fsp3) is 0.625. The van der Waals surface area contributed by atoms with Crippen molar-refractivity contribution < 1.29 is 13.5 Å². The van der Waals surface area contributed by atoms with Crippen molar-refractivity contribution >= 4 is 9.84 Å². The number of hydrogen-bond acceptors (Lipinski definition) is 4. The van der Waals surface area contributed by atoms with Crippen LogP contribution in [0.25, 0.3) is 0 Å². The van der Waals surface area contributed by atoms with Gasteiger partial charge >= 0.3 is 0 Å². The van der Waals surface area contributed by atoms with Gasteiger partial charge in [0.15, 0.2) is 9.84 Å². The molecule has 1 unspecified atom stereocenters. The fourth-order valence-corrected chi connectivity index (χ4v) is 2.73. The van der Waals surface area contributed by atoms with Crippen LogP contribution in [0.5, 0.6) is 0 Å². The van der Waals surface area contributed by atoms with Crippen LogP contribution in [-0.4, -0.2) is 32.9 Å². The average molecular weight is 313 g/mol. The number of hydrogen-bond donors (Lipinski definition) is 2. The van der Waals surface area contributed by atoms with Crippen LogP contribution in [0.3, 0.4) is 0 Å². The molecule has 1 aromatic rings. The minimum absolute atomic E-state index is 0.278. The molecule has 0 spiro atoms. The average Bonchev–Trinajstić information content (AvgIpc) is 2.41. The third-order valence-electron chi connectivity index (χ3n) is 3.42. The molecule has 4 nitrogen and oxygen atoms in total. The molecule has 0 aliphatic carbocycles. The molecule has 21 heavy (non-hydrogen) atoms. The lowest BCUT2D eigenvalue weighted by Crippen LogP contribution is -2.22. The lowest BCUT2D eigenvalue weighted by Gasteiger charge is -2.13. The Hall–Kier alpha value is -0.910. The lowest BCUT2D eigenvalue weighted by molar-refractivity contribution is 0.174. The highest BCUT2D eigenvalue weighted by Crippen LogP contribution is 2.16. The van der Waals surface area contributed by atoms with E-state index in [0.29, 0.717) is 6.54 Å². The molecule has 0 fully saturated rings. The predicted octanol–water partition coefficient (Wildman–Crippen LogP) is 2.54. The van der Waals surface area contributed by atoms with Gasteiger partial charge in [-0.1, -0.05) is 38.8 Å². The van der Waals surface area contributed by atoms with Crippen molar-refractivity contribution in [3.05, 3.63) is 29.8 Å². The largest absolute Gasteiger partial charge is 0.387 e. The van der Waals surface area contributed by atoms with E-state index >= 15 is 0 Å². The Labute approximate surface area is 128 Å². The summed E-state index contributed by atoms with van der Waals surface area (Å²) in [5.74, 6) is 0.740. The lowest BCUT2D eigenvalue weighted by atomic mass is 10.1. The van der Waals surface area contributed by atoms with Gasteiger partial charge in [-0.15, -0.1) is 0 Å². The van der Waals surface area contributed by atoms with Gasteiger partial charge in [0.05, 0.1) is 11.0 Å². The molecule has 0 heterocycles. The van der Waals surface area contributed by atoms with E-state index in [2.05, 4.69) is 19.2 Å². The van der Waals surface area contributed by atoms with E-state index in [1.807, 2.05) is 0 Å². The minimum Gasteiger partial charge on any atom is -0.387 e. The van der Waals surface area contributed by atoms with E-state index in [-0.39, 0.29) is 4.90 Å². The summed E-state index contributed by atoms with van der Waals surface area (Å²) in [5, 5.41) is 13.3. The molecule has 1 aromatic carbocycles. The highest BCUT2D eigenvalue weighted by atomic mass is 32.2. The second kappa shape index (κ2) is 8.51. The van der Waals surface area contributed by atoms with Crippen molar-refractivity contribution in [3.8, 4) is 0 Å². The van der Waals surface area contributed by atoms with Gasteiger partial charge in [0, 0.05) is 12.8 Å². The van der Waals surface area contributed by atoms with Gasteiger partial charge in [0.2, 0.25) is 0 Å². The molecule has 0 radical (unpaired) electrons. The summed E-state index contributed by atoms with van der Waals surface area (Å²) in [6.45, 7) is 5.82. The van der Waals surface area contributed by atoms with Crippen molar-refractivity contribution in [2.45, 2.75) is 44.1 Å². The van der Waals surface area contributed by atoms with Crippen molar-refractivity contribution in [2.24, 2.45) is 5.92 Å². The molecule has 0 saturated carbocycles. The standard InChI is InChI=1S/C16H27NO3S/c1-13(2)6-4-5-11-17-12-16(18)14-7-9-15(10-8-14)21(3,19)20/h7-10,13,16-18H,4-6,11-12H2,1-3H3. The summed E-state index contributed by atoms with van der Waals surface area (Å²) in [4.78, 5) is 0.278. The molecule has 5 heteroatoms. The Bertz CT molecular complexity index is 509. The summed E-state index contributed by atoms with van der Waals surface area (Å²) >= 11 is 0. The fourth-order valence-electron chi connectivity index (χ4n) is 2.10. The van der Waals surface area contributed by atoms with E-state index in [0.717, 1.165) is 24.4 Å². The number of rotatable bonds is 9. The first-order chi connectivity index (χ1) is 9.80. The maximum atomic E-state index is 11.4. The number of nitrogens with one attached hydrogen (secondary N) is 1. The van der Waals surface area contributed by atoms with Gasteiger partial charge in [-0.25, -0.2) is 8.42 Å². The van der Waals surface area contributed by atoms with Crippen LogP contribution in [0.15, 0.2) is 29.2 Å². The number of unbranched alkanes of at least 4 members (excludes halogenated alkanes) is 1. The summed E-state index contributed by atoms with van der Waals surface area (Å²) in [6.07, 6.45) is 4.11. The summed E-state index contributed by atoms with van der Waals surface area (Å²) in [6, 6.07) is 6.41. The minimum atomic E-state index is -3.18. The van der Waals surface area contributed by atoms with Crippen molar-refractivity contribution in [2.75, 3.05) is 19.3 Å². The summed E-state index contributed by atoms with van der Waals surface area (Å²) < 4.78 is 22.7. The molecule has 0 amide bonds. The Morgan fingerprint density at radius 3 is 2.29 bits per heavy atom. The first-order valence-electron chi connectivity index (χ1n) is 7.49. The number of benzene rings is 1. The molecule has 1 atom stereocenters. The first kappa shape index (κ1) is 18.1. The number of sulfone groups is 1. The maximum absolute atomic E-state index is 11.4. The molecule has 0 saturated heterocycles. The smallest absolute Gasteiger partial charge is 0.175 e. The Morgan fingerprint density at radius 1 is 1.14 bits per heavy atom. The molecular weight excluding hydrogens is 286 g/mol. The van der Waals surface area contributed by atoms with Crippen molar-refractivity contribution in [3.63, 3.8) is 0 Å². The van der Waals surface area contributed by atoms with Crippen LogP contribution in [0.4, 0.5) is 0 Å². The SMILES string of the molecule is CC(C)CCCCNCC(O)c1ccc(S(C)(=O)=O)cc1. The highest BCUT2D eigenvalue weighted by molar-refractivity contribution is 7.90. The normalized spacial score (nSPS) is 13.6. The second-order valence-corrected chi connectivity index (χ2v) is 7.97. The molecule has 0 aliphatic heterocycles. The van der Waals surface area contributed by atoms with E-state index in [9.17, 15) is 13.5 Å². The number of aliphatic hydroxyl groups is 1. The monoisotopic (exact) mass is 313 g/mol. The van der Waals surface area contributed by atoms with Gasteiger partial charge in [-0.3, -0.25) is 0 Å². The zero-order valence-corrected chi connectivity index (χ0v) is 14.0. The molecule has 1 rings (SSSR count). The van der Waals surface area contributed by atoms with Crippen LogP contribution < -0.4 is 5.32 Å². The van der Waals surface area contributed by atoms with E-state index < -0.39 is 15.9 Å². The van der Waals surface area contributed by atoms with Crippen molar-refractivity contribution in [1.82, 2.24) is 5.32 Å². The van der Waals surface area contributed by atoms with Crippen molar-refractivity contribution in [1.29, 1.82) is 0 Å². The molecule has 0 aromatic heterocycles. The Morgan fingerprint density at radius 2 is 1.76 bits per heavy atom. The Kier molecular flexibility index (Phi) is 7.35. The first-order valence-corrected chi connectivity index (χ1v) is 9.38. The third kappa shape index (κ3) is 7.07. The number of aliphatic hydroxyl groups excluding tert-OH is 1. The summed E-state index contributed by atoms with van der Waals surface area (Å²) in [5.41, 5.74) is 0.733. The van der Waals surface area contributed by atoms with Crippen LogP contribution in [0.1, 0.15) is 44.8 Å². The zero-order chi connectivity index (χ0) is 15.9. The van der Waals surface area contributed by atoms with E-state index in [1.54, 1.807) is 12.1 Å². The molecule has 0 aliphatic rings. The summed E-state index contributed by atoms with van der Waals surface area (Å²) in [7, 11) is -3.18. The third-order valence-corrected chi connectivity index (χ3v) is 4.54. The predicted molar refractivity (Wildman–Crippen MR) is 86.1 cm³/mol. The van der Waals surface area contributed by atoms with Gasteiger partial charge < -0.3 is 10.4 Å². The zero-order valence-electron chi connectivity index (χ0n) is 13.2.